The molecule has 1 N–H and O–H groups in total. The number of hydrogen-bond acceptors (Lipinski definition) is 4. The van der Waals surface area contributed by atoms with E-state index in [9.17, 15) is 4.79 Å². The highest BCUT2D eigenvalue weighted by atomic mass is 16.7. The van der Waals surface area contributed by atoms with E-state index in [2.05, 4.69) is 19.3 Å². The summed E-state index contributed by atoms with van der Waals surface area (Å²) in [7, 11) is 0. The van der Waals surface area contributed by atoms with Crippen molar-refractivity contribution < 1.29 is 14.5 Å². The molecule has 1 aliphatic heterocycles. The number of benzene rings is 2. The first-order valence-electron chi connectivity index (χ1n) is 9.53. The number of hydroxylamine groups is 3. The molecule has 5 heteroatoms. The van der Waals surface area contributed by atoms with Crippen LogP contribution in [0.3, 0.4) is 0 Å². The van der Waals surface area contributed by atoms with E-state index in [0.29, 0.717) is 25.7 Å². The minimum absolute atomic E-state index is 0.0135. The molecule has 2 atom stereocenters. The predicted molar refractivity (Wildman–Crippen MR) is 104 cm³/mol. The first-order valence-corrected chi connectivity index (χ1v) is 9.53. The Balaban J connectivity index is 1.60. The highest BCUT2D eigenvalue weighted by molar-refractivity contribution is 5.79. The van der Waals surface area contributed by atoms with Crippen LogP contribution in [0.1, 0.15) is 31.4 Å². The summed E-state index contributed by atoms with van der Waals surface area (Å²) in [6.45, 7) is 5.59. The highest BCUT2D eigenvalue weighted by Crippen LogP contribution is 2.25. The van der Waals surface area contributed by atoms with E-state index in [1.54, 1.807) is 0 Å². The van der Waals surface area contributed by atoms with Crippen LogP contribution in [-0.4, -0.2) is 23.6 Å². The summed E-state index contributed by atoms with van der Waals surface area (Å²) in [5.41, 5.74) is 5.21. The van der Waals surface area contributed by atoms with Crippen LogP contribution in [0.2, 0.25) is 0 Å². The molecule has 0 radical (unpaired) electrons. The Kier molecular flexibility index (Phi) is 6.98. The zero-order valence-corrected chi connectivity index (χ0v) is 16.0. The Morgan fingerprint density at radius 3 is 2.33 bits per heavy atom. The second-order valence-electron chi connectivity index (χ2n) is 7.39. The van der Waals surface area contributed by atoms with Crippen molar-refractivity contribution in [1.29, 1.82) is 0 Å². The zero-order valence-electron chi connectivity index (χ0n) is 16.0. The van der Waals surface area contributed by atoms with Gasteiger partial charge >= 0.3 is 0 Å². The van der Waals surface area contributed by atoms with Crippen molar-refractivity contribution in [2.45, 2.75) is 39.5 Å². The molecule has 3 rings (SSSR count). The maximum absolute atomic E-state index is 13.0. The Morgan fingerprint density at radius 1 is 1.07 bits per heavy atom. The molecule has 1 heterocycles. The van der Waals surface area contributed by atoms with Gasteiger partial charge in [0.05, 0.1) is 31.7 Å². The summed E-state index contributed by atoms with van der Waals surface area (Å²) in [5.74, 6) is 0.256. The quantitative estimate of drug-likeness (QED) is 0.722. The molecule has 5 nitrogen and oxygen atoms in total. The lowest BCUT2D eigenvalue weighted by molar-refractivity contribution is -0.224. The van der Waals surface area contributed by atoms with Crippen LogP contribution >= 0.6 is 0 Å². The van der Waals surface area contributed by atoms with Crippen molar-refractivity contribution in [3.05, 3.63) is 71.8 Å². The van der Waals surface area contributed by atoms with Crippen molar-refractivity contribution in [2.75, 3.05) is 6.61 Å². The Morgan fingerprint density at radius 2 is 1.70 bits per heavy atom. The number of rotatable bonds is 8. The number of carbonyl (C=O) groups excluding carboxylic acids is 1. The van der Waals surface area contributed by atoms with E-state index in [-0.39, 0.29) is 17.9 Å². The molecule has 2 aromatic carbocycles. The van der Waals surface area contributed by atoms with Crippen LogP contribution in [0.15, 0.2) is 60.7 Å². The van der Waals surface area contributed by atoms with Crippen molar-refractivity contribution in [1.82, 2.24) is 10.5 Å². The van der Waals surface area contributed by atoms with Crippen LogP contribution in [-0.2, 0) is 27.6 Å². The van der Waals surface area contributed by atoms with Crippen molar-refractivity contribution in [3.8, 4) is 0 Å². The summed E-state index contributed by atoms with van der Waals surface area (Å²) in [4.78, 5) is 24.4. The number of nitrogens with zero attached hydrogens (tertiary/aromatic N) is 1. The van der Waals surface area contributed by atoms with Crippen LogP contribution in [0.4, 0.5) is 0 Å². The summed E-state index contributed by atoms with van der Waals surface area (Å²) in [6, 6.07) is 19.7. The fraction of sp³-hybridized carbons (Fsp3) is 0.409. The van der Waals surface area contributed by atoms with Crippen LogP contribution in [0.5, 0.6) is 0 Å². The lowest BCUT2D eigenvalue weighted by Gasteiger charge is -2.37. The maximum Gasteiger partial charge on any atom is 0.251 e. The van der Waals surface area contributed by atoms with Gasteiger partial charge in [-0.3, -0.25) is 14.5 Å². The monoisotopic (exact) mass is 368 g/mol. The molecule has 144 valence electrons. The SMILES string of the molecule is CC(C)C[C@@H]1C(=O)N(Cc2ccccc2)OC[C@H]1NOCc1ccccc1. The minimum atomic E-state index is -0.168. The fourth-order valence-electron chi connectivity index (χ4n) is 3.28. The van der Waals surface area contributed by atoms with E-state index >= 15 is 0 Å². The van der Waals surface area contributed by atoms with Gasteiger partial charge in [-0.2, -0.15) is 5.48 Å². The van der Waals surface area contributed by atoms with Gasteiger partial charge in [0.1, 0.15) is 0 Å². The lowest BCUT2D eigenvalue weighted by atomic mass is 9.89. The van der Waals surface area contributed by atoms with E-state index in [1.807, 2.05) is 60.7 Å². The van der Waals surface area contributed by atoms with Gasteiger partial charge in [0.25, 0.3) is 5.91 Å². The largest absolute Gasteiger partial charge is 0.297 e. The van der Waals surface area contributed by atoms with Crippen LogP contribution in [0.25, 0.3) is 0 Å². The van der Waals surface area contributed by atoms with Gasteiger partial charge in [-0.1, -0.05) is 74.5 Å². The molecule has 0 aliphatic carbocycles. The van der Waals surface area contributed by atoms with Crippen molar-refractivity contribution in [3.63, 3.8) is 0 Å². The van der Waals surface area contributed by atoms with Gasteiger partial charge in [0.15, 0.2) is 0 Å². The lowest BCUT2D eigenvalue weighted by Crippen LogP contribution is -2.54. The van der Waals surface area contributed by atoms with Gasteiger partial charge in [-0.15, -0.1) is 0 Å². The highest BCUT2D eigenvalue weighted by Gasteiger charge is 2.38. The molecule has 1 saturated heterocycles. The molecule has 1 aliphatic rings. The van der Waals surface area contributed by atoms with Crippen molar-refractivity contribution in [2.24, 2.45) is 11.8 Å². The molecule has 0 spiro atoms. The number of hydrogen-bond donors (Lipinski definition) is 1. The van der Waals surface area contributed by atoms with Gasteiger partial charge in [0, 0.05) is 0 Å². The van der Waals surface area contributed by atoms with Crippen LogP contribution in [0, 0.1) is 11.8 Å². The molecule has 1 fully saturated rings. The minimum Gasteiger partial charge on any atom is -0.297 e. The van der Waals surface area contributed by atoms with E-state index < -0.39 is 0 Å². The van der Waals surface area contributed by atoms with Crippen LogP contribution < -0.4 is 5.48 Å². The second-order valence-corrected chi connectivity index (χ2v) is 7.39. The molecule has 1 amide bonds. The molecule has 0 saturated carbocycles. The number of nitrogens with one attached hydrogen (secondary N) is 1. The maximum atomic E-state index is 13.0. The van der Waals surface area contributed by atoms with Gasteiger partial charge in [0.2, 0.25) is 0 Å². The first-order chi connectivity index (χ1) is 13.1. The van der Waals surface area contributed by atoms with Gasteiger partial charge in [-0.05, 0) is 23.5 Å². The summed E-state index contributed by atoms with van der Waals surface area (Å²) in [5, 5.41) is 1.50. The molecule has 0 bridgehead atoms. The molecule has 2 aromatic rings. The van der Waals surface area contributed by atoms with E-state index in [1.165, 1.54) is 5.06 Å². The smallest absolute Gasteiger partial charge is 0.251 e. The molecule has 0 unspecified atom stereocenters. The molecule has 0 aromatic heterocycles. The average Bonchev–Trinajstić information content (AvgIpc) is 2.68. The Bertz CT molecular complexity index is 706. The summed E-state index contributed by atoms with van der Waals surface area (Å²) in [6.07, 6.45) is 0.792. The third-order valence-corrected chi connectivity index (χ3v) is 4.67. The topological polar surface area (TPSA) is 50.8 Å². The normalized spacial score (nSPS) is 20.3. The second kappa shape index (κ2) is 9.65. The summed E-state index contributed by atoms with van der Waals surface area (Å²) < 4.78 is 0. The molecular weight excluding hydrogens is 340 g/mol. The van der Waals surface area contributed by atoms with Crippen molar-refractivity contribution >= 4 is 5.91 Å². The van der Waals surface area contributed by atoms with E-state index in [0.717, 1.165) is 17.5 Å². The fourth-order valence-corrected chi connectivity index (χ4v) is 3.28. The number of carbonyl (C=O) groups is 1. The Hall–Kier alpha value is -2.21. The standard InChI is InChI=1S/C22H28N2O3/c1-17(2)13-20-21(23-26-15-19-11-7-4-8-12-19)16-27-24(22(20)25)14-18-9-5-3-6-10-18/h3-12,17,20-21,23H,13-16H2,1-2H3/t20-,21+/m0/s1. The third kappa shape index (κ3) is 5.63. The summed E-state index contributed by atoms with van der Waals surface area (Å²) >= 11 is 0. The third-order valence-electron chi connectivity index (χ3n) is 4.67. The molecule has 27 heavy (non-hydrogen) atoms. The van der Waals surface area contributed by atoms with E-state index in [4.69, 9.17) is 9.68 Å². The molecular formula is C22H28N2O3. The zero-order chi connectivity index (χ0) is 19.1. The average molecular weight is 368 g/mol. The number of amides is 1. The van der Waals surface area contributed by atoms with Gasteiger partial charge in [-0.25, -0.2) is 5.06 Å². The predicted octanol–water partition coefficient (Wildman–Crippen LogP) is 3.71. The van der Waals surface area contributed by atoms with Gasteiger partial charge < -0.3 is 0 Å². The Labute approximate surface area is 161 Å². The first kappa shape index (κ1) is 19.5.